The number of nitrogens with zero attached hydrogens (tertiary/aromatic N) is 5. The highest BCUT2D eigenvalue weighted by molar-refractivity contribution is 7.09. The van der Waals surface area contributed by atoms with Crippen LogP contribution in [0, 0.1) is 13.8 Å². The van der Waals surface area contributed by atoms with E-state index in [1.54, 1.807) is 33.0 Å². The molecule has 0 atom stereocenters. The highest BCUT2D eigenvalue weighted by atomic mass is 35.5. The van der Waals surface area contributed by atoms with E-state index in [9.17, 15) is 4.79 Å². The van der Waals surface area contributed by atoms with Crippen molar-refractivity contribution >= 4 is 28.8 Å². The Morgan fingerprint density at radius 3 is 2.88 bits per heavy atom. The van der Waals surface area contributed by atoms with Gasteiger partial charge in [0.2, 0.25) is 0 Å². The van der Waals surface area contributed by atoms with Gasteiger partial charge in [-0.15, -0.1) is 11.3 Å². The summed E-state index contributed by atoms with van der Waals surface area (Å²) < 4.78 is 3.43. The van der Waals surface area contributed by atoms with Crippen LogP contribution in [0.25, 0.3) is 0 Å². The van der Waals surface area contributed by atoms with Crippen LogP contribution >= 0.6 is 22.9 Å². The van der Waals surface area contributed by atoms with Crippen LogP contribution in [0.2, 0.25) is 5.02 Å². The van der Waals surface area contributed by atoms with Crippen LogP contribution < -0.4 is 5.32 Å². The number of hydrogen-bond acceptors (Lipinski definition) is 5. The molecule has 0 aromatic carbocycles. The Labute approximate surface area is 160 Å². The monoisotopic (exact) mass is 390 g/mol. The van der Waals surface area contributed by atoms with E-state index in [0.29, 0.717) is 29.8 Å². The van der Waals surface area contributed by atoms with E-state index in [2.05, 4.69) is 20.5 Å². The van der Waals surface area contributed by atoms with Crippen molar-refractivity contribution in [2.75, 3.05) is 0 Å². The third-order valence-corrected chi connectivity index (χ3v) is 5.97. The molecule has 3 aromatic heterocycles. The Kier molecular flexibility index (Phi) is 4.54. The molecule has 1 amide bonds. The van der Waals surface area contributed by atoms with Gasteiger partial charge in [0.25, 0.3) is 5.91 Å². The topological polar surface area (TPSA) is 77.6 Å². The molecule has 0 aliphatic heterocycles. The molecule has 4 rings (SSSR count). The van der Waals surface area contributed by atoms with E-state index in [0.717, 1.165) is 17.1 Å². The zero-order chi connectivity index (χ0) is 18.3. The summed E-state index contributed by atoms with van der Waals surface area (Å²) in [5.41, 5.74) is 2.93. The van der Waals surface area contributed by atoms with E-state index in [1.807, 2.05) is 19.2 Å². The molecule has 3 heterocycles. The Balaban J connectivity index is 1.37. The molecule has 136 valence electrons. The van der Waals surface area contributed by atoms with E-state index in [1.165, 1.54) is 17.8 Å². The number of nitrogens with one attached hydrogen (secondary N) is 1. The number of amides is 1. The lowest BCUT2D eigenvalue weighted by molar-refractivity contribution is 0.0944. The molecule has 1 aliphatic rings. The Hall–Kier alpha value is -2.19. The molecule has 0 radical (unpaired) electrons. The van der Waals surface area contributed by atoms with Crippen molar-refractivity contribution in [2.45, 2.75) is 45.8 Å². The van der Waals surface area contributed by atoms with Gasteiger partial charge in [-0.1, -0.05) is 11.6 Å². The summed E-state index contributed by atoms with van der Waals surface area (Å²) in [4.78, 5) is 16.9. The molecule has 1 saturated carbocycles. The van der Waals surface area contributed by atoms with Crippen LogP contribution in [0.15, 0.2) is 17.6 Å². The minimum Gasteiger partial charge on any atom is -0.345 e. The van der Waals surface area contributed by atoms with Gasteiger partial charge in [0, 0.05) is 17.5 Å². The fourth-order valence-corrected chi connectivity index (χ4v) is 3.82. The number of aryl methyl sites for hydroxylation is 1. The van der Waals surface area contributed by atoms with Crippen molar-refractivity contribution in [3.8, 4) is 0 Å². The van der Waals surface area contributed by atoms with E-state index < -0.39 is 0 Å². The second-order valence-corrected chi connectivity index (χ2v) is 7.77. The third kappa shape index (κ3) is 3.52. The van der Waals surface area contributed by atoms with Crippen molar-refractivity contribution in [2.24, 2.45) is 0 Å². The lowest BCUT2D eigenvalue weighted by Crippen LogP contribution is -2.24. The first-order valence-corrected chi connectivity index (χ1v) is 9.72. The molecule has 0 unspecified atom stereocenters. The minimum atomic E-state index is -0.212. The van der Waals surface area contributed by atoms with Crippen molar-refractivity contribution in [1.29, 1.82) is 0 Å². The van der Waals surface area contributed by atoms with Crippen LogP contribution in [0.4, 0.5) is 0 Å². The zero-order valence-electron chi connectivity index (χ0n) is 14.6. The van der Waals surface area contributed by atoms with Crippen LogP contribution in [0.5, 0.6) is 0 Å². The third-order valence-electron chi connectivity index (χ3n) is 4.37. The SMILES string of the molecule is Cc1nn(Cn2ccc(C(=O)NCc3csc(C4CC4)n3)n2)c(C)c1Cl. The van der Waals surface area contributed by atoms with Gasteiger partial charge >= 0.3 is 0 Å². The fourth-order valence-electron chi connectivity index (χ4n) is 2.69. The number of thiazole rings is 1. The van der Waals surface area contributed by atoms with Gasteiger partial charge in [-0.25, -0.2) is 9.67 Å². The van der Waals surface area contributed by atoms with Gasteiger partial charge in [-0.05, 0) is 32.8 Å². The first kappa shape index (κ1) is 17.2. The van der Waals surface area contributed by atoms with Crippen LogP contribution in [0.3, 0.4) is 0 Å². The van der Waals surface area contributed by atoms with Crippen molar-refractivity contribution in [1.82, 2.24) is 29.9 Å². The van der Waals surface area contributed by atoms with Crippen molar-refractivity contribution in [3.63, 3.8) is 0 Å². The summed E-state index contributed by atoms with van der Waals surface area (Å²) in [6.07, 6.45) is 4.22. The molecule has 1 N–H and O–H groups in total. The molecule has 9 heteroatoms. The zero-order valence-corrected chi connectivity index (χ0v) is 16.1. The van der Waals surface area contributed by atoms with Crippen molar-refractivity contribution < 1.29 is 4.79 Å². The standard InChI is InChI=1S/C17H19ClN6OS/c1-10-15(18)11(2)24(21-10)9-23-6-5-14(22-23)16(25)19-7-13-8-26-17(20-13)12-3-4-12/h5-6,8,12H,3-4,7,9H2,1-2H3,(H,19,25). The van der Waals surface area contributed by atoms with E-state index >= 15 is 0 Å². The molecule has 3 aromatic rings. The lowest BCUT2D eigenvalue weighted by Gasteiger charge is -2.04. The highest BCUT2D eigenvalue weighted by Crippen LogP contribution is 2.41. The van der Waals surface area contributed by atoms with Crippen LogP contribution in [-0.2, 0) is 13.2 Å². The molecule has 7 nitrogen and oxygen atoms in total. The summed E-state index contributed by atoms with van der Waals surface area (Å²) in [5, 5.41) is 15.4. The first-order chi connectivity index (χ1) is 12.5. The van der Waals surface area contributed by atoms with Gasteiger partial charge in [-0.3, -0.25) is 9.48 Å². The molecule has 1 fully saturated rings. The van der Waals surface area contributed by atoms with E-state index in [4.69, 9.17) is 11.6 Å². The van der Waals surface area contributed by atoms with Crippen LogP contribution in [-0.4, -0.2) is 30.5 Å². The quantitative estimate of drug-likeness (QED) is 0.701. The smallest absolute Gasteiger partial charge is 0.272 e. The molecule has 1 aliphatic carbocycles. The summed E-state index contributed by atoms with van der Waals surface area (Å²) >= 11 is 7.84. The molecule has 0 saturated heterocycles. The predicted octanol–water partition coefficient (Wildman–Crippen LogP) is 3.12. The van der Waals surface area contributed by atoms with Crippen molar-refractivity contribution in [3.05, 3.63) is 50.4 Å². The molecular formula is C17H19ClN6OS. The molecule has 26 heavy (non-hydrogen) atoms. The Morgan fingerprint density at radius 2 is 2.19 bits per heavy atom. The number of rotatable bonds is 6. The summed E-state index contributed by atoms with van der Waals surface area (Å²) in [6, 6.07) is 1.69. The maximum Gasteiger partial charge on any atom is 0.272 e. The van der Waals surface area contributed by atoms with Gasteiger partial charge in [0.05, 0.1) is 33.7 Å². The summed E-state index contributed by atoms with van der Waals surface area (Å²) in [5.74, 6) is 0.430. The maximum absolute atomic E-state index is 12.3. The first-order valence-electron chi connectivity index (χ1n) is 8.46. The number of hydrogen-bond donors (Lipinski definition) is 1. The minimum absolute atomic E-state index is 0.212. The molecule has 0 spiro atoms. The molecule has 0 bridgehead atoms. The van der Waals surface area contributed by atoms with Crippen LogP contribution in [0.1, 0.15) is 51.3 Å². The fraction of sp³-hybridized carbons (Fsp3) is 0.412. The summed E-state index contributed by atoms with van der Waals surface area (Å²) in [6.45, 7) is 4.59. The van der Waals surface area contributed by atoms with Gasteiger partial charge < -0.3 is 5.32 Å². The van der Waals surface area contributed by atoms with Gasteiger partial charge in [0.1, 0.15) is 12.4 Å². The molecular weight excluding hydrogens is 372 g/mol. The second kappa shape index (κ2) is 6.85. The lowest BCUT2D eigenvalue weighted by atomic mass is 10.4. The van der Waals surface area contributed by atoms with Gasteiger partial charge in [-0.2, -0.15) is 10.2 Å². The summed E-state index contributed by atoms with van der Waals surface area (Å²) in [7, 11) is 0. The average Bonchev–Trinajstić information content (AvgIpc) is 3.10. The predicted molar refractivity (Wildman–Crippen MR) is 99.6 cm³/mol. The highest BCUT2D eigenvalue weighted by Gasteiger charge is 2.26. The van der Waals surface area contributed by atoms with Gasteiger partial charge in [0.15, 0.2) is 0 Å². The maximum atomic E-state index is 12.3. The van der Waals surface area contributed by atoms with E-state index in [-0.39, 0.29) is 5.91 Å². The second-order valence-electron chi connectivity index (χ2n) is 6.50. The Bertz CT molecular complexity index is 955. The largest absolute Gasteiger partial charge is 0.345 e. The number of carbonyl (C=O) groups is 1. The number of halogens is 1. The number of aromatic nitrogens is 5. The Morgan fingerprint density at radius 1 is 1.38 bits per heavy atom. The normalized spacial score (nSPS) is 14.0. The average molecular weight is 391 g/mol. The number of carbonyl (C=O) groups excluding carboxylic acids is 1.